The summed E-state index contributed by atoms with van der Waals surface area (Å²) in [5.41, 5.74) is 0.888. The summed E-state index contributed by atoms with van der Waals surface area (Å²) < 4.78 is 1.05. The van der Waals surface area contributed by atoms with Gasteiger partial charge in [0.1, 0.15) is 0 Å². The first-order valence-corrected chi connectivity index (χ1v) is 6.88. The van der Waals surface area contributed by atoms with Gasteiger partial charge >= 0.3 is 0 Å². The number of anilines is 1. The summed E-state index contributed by atoms with van der Waals surface area (Å²) in [5.74, 6) is -0.394. The Morgan fingerprint density at radius 1 is 1.47 bits per heavy atom. The SMILES string of the molecule is CNC(=O)C1CC(=O)N(c2nc3ccccc3s2)C1. The molecule has 2 amide bonds. The molecular formula is C13H13N3O2S. The second-order valence-electron chi connectivity index (χ2n) is 4.48. The molecule has 2 aromatic rings. The van der Waals surface area contributed by atoms with E-state index in [2.05, 4.69) is 10.3 Å². The highest BCUT2D eigenvalue weighted by atomic mass is 32.1. The molecule has 1 aromatic carbocycles. The van der Waals surface area contributed by atoms with E-state index in [-0.39, 0.29) is 24.2 Å². The first kappa shape index (κ1) is 12.1. The third kappa shape index (κ3) is 2.08. The van der Waals surface area contributed by atoms with Crippen molar-refractivity contribution in [2.24, 2.45) is 5.92 Å². The normalized spacial score (nSPS) is 19.1. The zero-order valence-electron chi connectivity index (χ0n) is 10.4. The van der Waals surface area contributed by atoms with E-state index in [1.54, 1.807) is 11.9 Å². The number of para-hydroxylation sites is 1. The minimum atomic E-state index is -0.274. The number of benzene rings is 1. The zero-order valence-corrected chi connectivity index (χ0v) is 11.2. The Hall–Kier alpha value is -1.95. The van der Waals surface area contributed by atoms with Crippen LogP contribution in [0.5, 0.6) is 0 Å². The second kappa shape index (κ2) is 4.62. The van der Waals surface area contributed by atoms with E-state index in [0.717, 1.165) is 10.2 Å². The van der Waals surface area contributed by atoms with E-state index in [4.69, 9.17) is 0 Å². The van der Waals surface area contributed by atoms with Crippen molar-refractivity contribution in [3.8, 4) is 0 Å². The van der Waals surface area contributed by atoms with Gasteiger partial charge in [-0.15, -0.1) is 0 Å². The lowest BCUT2D eigenvalue weighted by Gasteiger charge is -2.12. The largest absolute Gasteiger partial charge is 0.359 e. The van der Waals surface area contributed by atoms with E-state index in [1.807, 2.05) is 24.3 Å². The molecule has 1 aliphatic heterocycles. The number of carbonyl (C=O) groups excluding carboxylic acids is 2. The number of rotatable bonds is 2. The van der Waals surface area contributed by atoms with Crippen LogP contribution in [0.4, 0.5) is 5.13 Å². The highest BCUT2D eigenvalue weighted by Crippen LogP contribution is 2.32. The molecule has 6 heteroatoms. The summed E-state index contributed by atoms with van der Waals surface area (Å²) in [4.78, 5) is 29.7. The molecule has 0 bridgehead atoms. The van der Waals surface area contributed by atoms with Gasteiger partial charge in [-0.3, -0.25) is 14.5 Å². The van der Waals surface area contributed by atoms with Gasteiger partial charge in [0.2, 0.25) is 11.8 Å². The number of amides is 2. The molecule has 19 heavy (non-hydrogen) atoms. The summed E-state index contributed by atoms with van der Waals surface area (Å²) in [6, 6.07) is 7.77. The fourth-order valence-electron chi connectivity index (χ4n) is 2.25. The van der Waals surface area contributed by atoms with Crippen molar-refractivity contribution >= 4 is 38.5 Å². The standard InChI is InChI=1S/C13H13N3O2S/c1-14-12(18)8-6-11(17)16(7-8)13-15-9-4-2-3-5-10(9)19-13/h2-5,8H,6-7H2,1H3,(H,14,18). The Labute approximate surface area is 114 Å². The maximum atomic E-state index is 12.0. The smallest absolute Gasteiger partial charge is 0.229 e. The summed E-state index contributed by atoms with van der Waals surface area (Å²) >= 11 is 1.48. The van der Waals surface area contributed by atoms with E-state index in [0.29, 0.717) is 11.7 Å². The molecule has 1 fully saturated rings. The summed E-state index contributed by atoms with van der Waals surface area (Å²) in [6.45, 7) is 0.415. The van der Waals surface area contributed by atoms with Gasteiger partial charge in [-0.1, -0.05) is 23.5 Å². The fraction of sp³-hybridized carbons (Fsp3) is 0.308. The maximum absolute atomic E-state index is 12.0. The number of nitrogens with zero attached hydrogens (tertiary/aromatic N) is 2. The van der Waals surface area contributed by atoms with Gasteiger partial charge in [0, 0.05) is 20.0 Å². The predicted molar refractivity (Wildman–Crippen MR) is 74.1 cm³/mol. The van der Waals surface area contributed by atoms with Crippen molar-refractivity contribution in [3.05, 3.63) is 24.3 Å². The Morgan fingerprint density at radius 2 is 2.26 bits per heavy atom. The molecule has 5 nitrogen and oxygen atoms in total. The van der Waals surface area contributed by atoms with Gasteiger partial charge in [-0.2, -0.15) is 0 Å². The Bertz CT molecular complexity index is 619. The maximum Gasteiger partial charge on any atom is 0.229 e. The third-order valence-electron chi connectivity index (χ3n) is 3.26. The first-order chi connectivity index (χ1) is 9.19. The van der Waals surface area contributed by atoms with Gasteiger partial charge in [-0.25, -0.2) is 4.98 Å². The van der Waals surface area contributed by atoms with Crippen molar-refractivity contribution in [1.29, 1.82) is 0 Å². The number of thiazole rings is 1. The van der Waals surface area contributed by atoms with Crippen LogP contribution in [0.25, 0.3) is 10.2 Å². The number of hydrogen-bond donors (Lipinski definition) is 1. The molecule has 1 aromatic heterocycles. The number of fused-ring (bicyclic) bond motifs is 1. The zero-order chi connectivity index (χ0) is 13.4. The van der Waals surface area contributed by atoms with Crippen LogP contribution in [0.1, 0.15) is 6.42 Å². The first-order valence-electron chi connectivity index (χ1n) is 6.06. The molecule has 0 saturated carbocycles. The van der Waals surface area contributed by atoms with Crippen LogP contribution in [-0.2, 0) is 9.59 Å². The Kier molecular flexibility index (Phi) is 2.94. The highest BCUT2D eigenvalue weighted by Gasteiger charge is 2.36. The van der Waals surface area contributed by atoms with Crippen LogP contribution in [0.15, 0.2) is 24.3 Å². The summed E-state index contributed by atoms with van der Waals surface area (Å²) in [6.07, 6.45) is 0.260. The average molecular weight is 275 g/mol. The van der Waals surface area contributed by atoms with Crippen molar-refractivity contribution < 1.29 is 9.59 Å². The average Bonchev–Trinajstić information content (AvgIpc) is 3.00. The molecule has 3 rings (SSSR count). The Balaban J connectivity index is 1.90. The number of hydrogen-bond acceptors (Lipinski definition) is 4. The van der Waals surface area contributed by atoms with Crippen LogP contribution in [0, 0.1) is 5.92 Å². The minimum Gasteiger partial charge on any atom is -0.359 e. The Morgan fingerprint density at radius 3 is 3.00 bits per heavy atom. The number of aromatic nitrogens is 1. The quantitative estimate of drug-likeness (QED) is 0.901. The fourth-order valence-corrected chi connectivity index (χ4v) is 3.24. The predicted octanol–water partition coefficient (Wildman–Crippen LogP) is 1.40. The van der Waals surface area contributed by atoms with Crippen molar-refractivity contribution in [1.82, 2.24) is 10.3 Å². The molecule has 1 saturated heterocycles. The molecule has 1 unspecified atom stereocenters. The van der Waals surface area contributed by atoms with Crippen LogP contribution in [-0.4, -0.2) is 30.4 Å². The molecule has 1 atom stereocenters. The molecule has 0 radical (unpaired) electrons. The van der Waals surface area contributed by atoms with Gasteiger partial charge in [0.15, 0.2) is 5.13 Å². The van der Waals surface area contributed by atoms with Crippen LogP contribution in [0.3, 0.4) is 0 Å². The number of nitrogens with one attached hydrogen (secondary N) is 1. The lowest BCUT2D eigenvalue weighted by molar-refractivity contribution is -0.125. The molecular weight excluding hydrogens is 262 g/mol. The topological polar surface area (TPSA) is 62.3 Å². The van der Waals surface area contributed by atoms with Gasteiger partial charge < -0.3 is 5.32 Å². The number of carbonyl (C=O) groups is 2. The van der Waals surface area contributed by atoms with E-state index >= 15 is 0 Å². The van der Waals surface area contributed by atoms with E-state index < -0.39 is 0 Å². The molecule has 0 spiro atoms. The van der Waals surface area contributed by atoms with Crippen LogP contribution in [0.2, 0.25) is 0 Å². The highest BCUT2D eigenvalue weighted by molar-refractivity contribution is 7.22. The molecule has 1 N–H and O–H groups in total. The molecule has 98 valence electrons. The van der Waals surface area contributed by atoms with Gasteiger partial charge in [0.05, 0.1) is 16.1 Å². The van der Waals surface area contributed by atoms with Crippen molar-refractivity contribution in [2.75, 3.05) is 18.5 Å². The molecule has 2 heterocycles. The van der Waals surface area contributed by atoms with Crippen LogP contribution < -0.4 is 10.2 Å². The third-order valence-corrected chi connectivity index (χ3v) is 4.32. The van der Waals surface area contributed by atoms with Gasteiger partial charge in [0.25, 0.3) is 0 Å². The van der Waals surface area contributed by atoms with Gasteiger partial charge in [-0.05, 0) is 12.1 Å². The summed E-state index contributed by atoms with van der Waals surface area (Å²) in [5, 5.41) is 3.27. The molecule has 1 aliphatic rings. The van der Waals surface area contributed by atoms with Crippen molar-refractivity contribution in [3.63, 3.8) is 0 Å². The van der Waals surface area contributed by atoms with E-state index in [9.17, 15) is 9.59 Å². The summed E-state index contributed by atoms with van der Waals surface area (Å²) in [7, 11) is 1.59. The monoisotopic (exact) mass is 275 g/mol. The van der Waals surface area contributed by atoms with E-state index in [1.165, 1.54) is 11.3 Å². The minimum absolute atomic E-state index is 0.0346. The lowest BCUT2D eigenvalue weighted by Crippen LogP contribution is -2.30. The lowest BCUT2D eigenvalue weighted by atomic mass is 10.1. The molecule has 0 aliphatic carbocycles. The van der Waals surface area contributed by atoms with Crippen LogP contribution >= 0.6 is 11.3 Å². The van der Waals surface area contributed by atoms with Crippen molar-refractivity contribution in [2.45, 2.75) is 6.42 Å². The second-order valence-corrected chi connectivity index (χ2v) is 5.49.